The van der Waals surface area contributed by atoms with Crippen LogP contribution in [-0.2, 0) is 9.53 Å². The van der Waals surface area contributed by atoms with Crippen molar-refractivity contribution in [1.82, 2.24) is 4.90 Å². The van der Waals surface area contributed by atoms with Gasteiger partial charge in [-0.25, -0.2) is 0 Å². The molecular formula is C17H25NO3. The van der Waals surface area contributed by atoms with Crippen LogP contribution in [0.15, 0.2) is 24.3 Å². The number of rotatable bonds is 5. The third kappa shape index (κ3) is 4.74. The zero-order valence-electron chi connectivity index (χ0n) is 13.2. The highest BCUT2D eigenvalue weighted by Gasteiger charge is 2.30. The van der Waals surface area contributed by atoms with Crippen molar-refractivity contribution < 1.29 is 14.3 Å². The van der Waals surface area contributed by atoms with Gasteiger partial charge < -0.3 is 14.4 Å². The van der Waals surface area contributed by atoms with Gasteiger partial charge in [-0.1, -0.05) is 19.1 Å². The number of hydrogen-bond donors (Lipinski definition) is 0. The van der Waals surface area contributed by atoms with Crippen LogP contribution in [0.2, 0.25) is 0 Å². The first-order chi connectivity index (χ1) is 9.98. The molecule has 0 atom stereocenters. The third-order valence-electron chi connectivity index (χ3n) is 4.10. The van der Waals surface area contributed by atoms with Gasteiger partial charge in [-0.2, -0.15) is 0 Å². The summed E-state index contributed by atoms with van der Waals surface area (Å²) in [6.45, 7) is 6.66. The minimum atomic E-state index is 0.0178. The summed E-state index contributed by atoms with van der Waals surface area (Å²) >= 11 is 0. The first-order valence-corrected chi connectivity index (χ1v) is 7.50. The summed E-state index contributed by atoms with van der Waals surface area (Å²) in [7, 11) is 1.85. The van der Waals surface area contributed by atoms with E-state index in [1.165, 1.54) is 0 Å². The molecule has 0 bridgehead atoms. The van der Waals surface area contributed by atoms with Crippen LogP contribution in [0.3, 0.4) is 0 Å². The maximum Gasteiger partial charge on any atom is 0.260 e. The van der Waals surface area contributed by atoms with Gasteiger partial charge in [0.2, 0.25) is 0 Å². The molecule has 1 aromatic carbocycles. The van der Waals surface area contributed by atoms with Gasteiger partial charge in [0.15, 0.2) is 6.61 Å². The van der Waals surface area contributed by atoms with Gasteiger partial charge in [-0.05, 0) is 42.9 Å². The van der Waals surface area contributed by atoms with Crippen molar-refractivity contribution in [2.24, 2.45) is 5.41 Å². The Morgan fingerprint density at radius 3 is 2.76 bits per heavy atom. The van der Waals surface area contributed by atoms with Gasteiger partial charge in [0.1, 0.15) is 5.75 Å². The number of likely N-dealkylation sites (N-methyl/N-ethyl adjacent to an activating group) is 1. The number of carbonyl (C=O) groups is 1. The fourth-order valence-electron chi connectivity index (χ4n) is 2.64. The lowest BCUT2D eigenvalue weighted by Gasteiger charge is -2.36. The van der Waals surface area contributed by atoms with Crippen molar-refractivity contribution in [2.75, 3.05) is 33.4 Å². The molecule has 21 heavy (non-hydrogen) atoms. The van der Waals surface area contributed by atoms with Crippen molar-refractivity contribution in [3.8, 4) is 5.75 Å². The minimum absolute atomic E-state index is 0.0178. The van der Waals surface area contributed by atoms with Crippen LogP contribution < -0.4 is 4.74 Å². The molecule has 1 heterocycles. The Labute approximate surface area is 127 Å². The van der Waals surface area contributed by atoms with Gasteiger partial charge in [-0.3, -0.25) is 4.79 Å². The molecular weight excluding hydrogens is 266 g/mol. The van der Waals surface area contributed by atoms with E-state index in [1.807, 2.05) is 38.2 Å². The fraction of sp³-hybridized carbons (Fsp3) is 0.588. The summed E-state index contributed by atoms with van der Waals surface area (Å²) in [4.78, 5) is 14.0. The zero-order chi connectivity index (χ0) is 15.3. The Morgan fingerprint density at radius 1 is 1.38 bits per heavy atom. The van der Waals surface area contributed by atoms with Gasteiger partial charge in [0.25, 0.3) is 5.91 Å². The average molecular weight is 291 g/mol. The van der Waals surface area contributed by atoms with Crippen LogP contribution in [0, 0.1) is 12.3 Å². The van der Waals surface area contributed by atoms with Crippen molar-refractivity contribution in [3.63, 3.8) is 0 Å². The van der Waals surface area contributed by atoms with E-state index < -0.39 is 0 Å². The lowest BCUT2D eigenvalue weighted by atomic mass is 9.82. The SMILES string of the molecule is Cc1cccc(OCC(=O)N(C)CC2(C)CCOCC2)c1. The first kappa shape index (κ1) is 15.8. The molecule has 4 nitrogen and oxygen atoms in total. The van der Waals surface area contributed by atoms with Crippen LogP contribution in [0.25, 0.3) is 0 Å². The van der Waals surface area contributed by atoms with Crippen molar-refractivity contribution >= 4 is 5.91 Å². The number of carbonyl (C=O) groups excluding carboxylic acids is 1. The van der Waals surface area contributed by atoms with E-state index in [1.54, 1.807) is 4.90 Å². The molecule has 0 aliphatic carbocycles. The predicted octanol–water partition coefficient (Wildman–Crippen LogP) is 2.65. The highest BCUT2D eigenvalue weighted by molar-refractivity contribution is 5.77. The highest BCUT2D eigenvalue weighted by atomic mass is 16.5. The van der Waals surface area contributed by atoms with E-state index in [0.29, 0.717) is 0 Å². The molecule has 4 heteroatoms. The zero-order valence-corrected chi connectivity index (χ0v) is 13.2. The number of hydrogen-bond acceptors (Lipinski definition) is 3. The lowest BCUT2D eigenvalue weighted by Crippen LogP contribution is -2.42. The topological polar surface area (TPSA) is 38.8 Å². The van der Waals surface area contributed by atoms with Crippen molar-refractivity contribution in [1.29, 1.82) is 0 Å². The fourth-order valence-corrected chi connectivity index (χ4v) is 2.64. The molecule has 0 aromatic heterocycles. The maximum atomic E-state index is 12.2. The molecule has 0 unspecified atom stereocenters. The maximum absolute atomic E-state index is 12.2. The van der Waals surface area contributed by atoms with E-state index in [9.17, 15) is 4.79 Å². The molecule has 1 saturated heterocycles. The Kier molecular flexibility index (Phi) is 5.23. The van der Waals surface area contributed by atoms with Crippen LogP contribution in [-0.4, -0.2) is 44.2 Å². The smallest absolute Gasteiger partial charge is 0.260 e. The molecule has 1 amide bonds. The molecule has 116 valence electrons. The highest BCUT2D eigenvalue weighted by Crippen LogP contribution is 2.30. The second-order valence-corrected chi connectivity index (χ2v) is 6.28. The standard InChI is InChI=1S/C17H25NO3/c1-14-5-4-6-15(11-14)21-12-16(19)18(3)13-17(2)7-9-20-10-8-17/h4-6,11H,7-10,12-13H2,1-3H3. The quantitative estimate of drug-likeness (QED) is 0.837. The summed E-state index contributed by atoms with van der Waals surface area (Å²) in [6.07, 6.45) is 2.01. The normalized spacial score (nSPS) is 17.3. The monoisotopic (exact) mass is 291 g/mol. The summed E-state index contributed by atoms with van der Waals surface area (Å²) in [5, 5.41) is 0. The molecule has 0 radical (unpaired) electrons. The van der Waals surface area contributed by atoms with Crippen LogP contribution >= 0.6 is 0 Å². The minimum Gasteiger partial charge on any atom is -0.484 e. The second kappa shape index (κ2) is 6.94. The van der Waals surface area contributed by atoms with E-state index >= 15 is 0 Å². The predicted molar refractivity (Wildman–Crippen MR) is 82.5 cm³/mol. The molecule has 2 rings (SSSR count). The first-order valence-electron chi connectivity index (χ1n) is 7.50. The molecule has 0 saturated carbocycles. The number of nitrogens with zero attached hydrogens (tertiary/aromatic N) is 1. The average Bonchev–Trinajstić information content (AvgIpc) is 2.45. The molecule has 0 spiro atoms. The number of ether oxygens (including phenoxy) is 2. The summed E-state index contributed by atoms with van der Waals surface area (Å²) < 4.78 is 11.0. The van der Waals surface area contributed by atoms with E-state index in [-0.39, 0.29) is 17.9 Å². The van der Waals surface area contributed by atoms with E-state index in [2.05, 4.69) is 6.92 Å². The van der Waals surface area contributed by atoms with E-state index in [0.717, 1.165) is 43.9 Å². The summed E-state index contributed by atoms with van der Waals surface area (Å²) in [5.41, 5.74) is 1.29. The van der Waals surface area contributed by atoms with Gasteiger partial charge >= 0.3 is 0 Å². The van der Waals surface area contributed by atoms with Gasteiger partial charge in [-0.15, -0.1) is 0 Å². The van der Waals surface area contributed by atoms with Crippen LogP contribution in [0.1, 0.15) is 25.3 Å². The number of benzene rings is 1. The largest absolute Gasteiger partial charge is 0.484 e. The lowest BCUT2D eigenvalue weighted by molar-refractivity contribution is -0.134. The summed E-state index contributed by atoms with van der Waals surface area (Å²) in [5.74, 6) is 0.762. The Bertz CT molecular complexity index is 481. The molecule has 1 aliphatic heterocycles. The van der Waals surface area contributed by atoms with Gasteiger partial charge in [0, 0.05) is 26.8 Å². The second-order valence-electron chi connectivity index (χ2n) is 6.28. The van der Waals surface area contributed by atoms with Crippen molar-refractivity contribution in [3.05, 3.63) is 29.8 Å². The van der Waals surface area contributed by atoms with Crippen molar-refractivity contribution in [2.45, 2.75) is 26.7 Å². The van der Waals surface area contributed by atoms with Gasteiger partial charge in [0.05, 0.1) is 0 Å². The molecule has 1 aliphatic rings. The summed E-state index contributed by atoms with van der Waals surface area (Å²) in [6, 6.07) is 7.75. The molecule has 1 aromatic rings. The van der Waals surface area contributed by atoms with E-state index in [4.69, 9.17) is 9.47 Å². The Balaban J connectivity index is 1.82. The molecule has 1 fully saturated rings. The third-order valence-corrected chi connectivity index (χ3v) is 4.10. The van der Waals surface area contributed by atoms with Crippen LogP contribution in [0.5, 0.6) is 5.75 Å². The number of amides is 1. The Hall–Kier alpha value is -1.55. The number of aryl methyl sites for hydroxylation is 1. The molecule has 0 N–H and O–H groups in total. The Morgan fingerprint density at radius 2 is 2.10 bits per heavy atom. The van der Waals surface area contributed by atoms with Crippen LogP contribution in [0.4, 0.5) is 0 Å².